The molecule has 3 rings (SSSR count). The molecule has 0 aromatic heterocycles. The maximum absolute atomic E-state index is 13.1. The van der Waals surface area contributed by atoms with Gasteiger partial charge >= 0.3 is 0 Å². The van der Waals surface area contributed by atoms with Crippen LogP contribution in [0.1, 0.15) is 53.9 Å². The molecule has 0 aliphatic carbocycles. The van der Waals surface area contributed by atoms with Gasteiger partial charge in [-0.15, -0.1) is 0 Å². The number of sulfonamides is 1. The number of methoxy groups -OCH3 is 1. The van der Waals surface area contributed by atoms with Crippen LogP contribution in [0.15, 0.2) is 23.1 Å². The molecule has 0 bridgehead atoms. The van der Waals surface area contributed by atoms with Gasteiger partial charge in [0.25, 0.3) is 0 Å². The first kappa shape index (κ1) is 28.9. The number of carbonyl (C=O) groups excluding carboxylic acids is 3. The number of ether oxygens (including phenoxy) is 1. The van der Waals surface area contributed by atoms with Crippen LogP contribution in [0.4, 0.5) is 5.69 Å². The topological polar surface area (TPSA) is 116 Å². The van der Waals surface area contributed by atoms with Crippen molar-refractivity contribution in [3.05, 3.63) is 18.2 Å². The van der Waals surface area contributed by atoms with Crippen LogP contribution in [0, 0.1) is 11.8 Å². The number of hydrogen-bond acceptors (Lipinski definition) is 6. The lowest BCUT2D eigenvalue weighted by Gasteiger charge is -2.34. The fourth-order valence-corrected chi connectivity index (χ4v) is 6.52. The van der Waals surface area contributed by atoms with Crippen LogP contribution >= 0.6 is 0 Å². The summed E-state index contributed by atoms with van der Waals surface area (Å²) in [6, 6.07) is 4.44. The van der Waals surface area contributed by atoms with Crippen LogP contribution < -0.4 is 10.1 Å². The molecule has 2 aliphatic rings. The monoisotopic (exact) mass is 536 g/mol. The highest BCUT2D eigenvalue weighted by Crippen LogP contribution is 2.31. The van der Waals surface area contributed by atoms with Gasteiger partial charge in [0.05, 0.1) is 23.6 Å². The summed E-state index contributed by atoms with van der Waals surface area (Å²) in [6.45, 7) is 11.4. The molecular weight excluding hydrogens is 496 g/mol. The fraction of sp³-hybridized carbons (Fsp3) is 0.654. The highest BCUT2D eigenvalue weighted by atomic mass is 32.2. The minimum atomic E-state index is -3.70. The van der Waals surface area contributed by atoms with Crippen molar-refractivity contribution >= 4 is 33.4 Å². The van der Waals surface area contributed by atoms with Gasteiger partial charge in [0.2, 0.25) is 27.7 Å². The average molecular weight is 537 g/mol. The molecule has 2 heterocycles. The van der Waals surface area contributed by atoms with Crippen LogP contribution in [-0.4, -0.2) is 85.6 Å². The molecule has 2 saturated heterocycles. The van der Waals surface area contributed by atoms with E-state index in [9.17, 15) is 22.8 Å². The first-order chi connectivity index (χ1) is 17.3. The van der Waals surface area contributed by atoms with Crippen molar-refractivity contribution in [2.75, 3.05) is 45.2 Å². The average Bonchev–Trinajstić information content (AvgIpc) is 3.26. The van der Waals surface area contributed by atoms with Gasteiger partial charge in [-0.2, -0.15) is 4.31 Å². The van der Waals surface area contributed by atoms with E-state index in [2.05, 4.69) is 5.32 Å². The Morgan fingerprint density at radius 1 is 1.11 bits per heavy atom. The third-order valence-electron chi connectivity index (χ3n) is 7.23. The number of anilines is 1. The lowest BCUT2D eigenvalue weighted by Crippen LogP contribution is -2.46. The quantitative estimate of drug-likeness (QED) is 0.546. The molecule has 37 heavy (non-hydrogen) atoms. The lowest BCUT2D eigenvalue weighted by atomic mass is 9.94. The van der Waals surface area contributed by atoms with Crippen LogP contribution in [0.3, 0.4) is 0 Å². The Kier molecular flexibility index (Phi) is 8.89. The van der Waals surface area contributed by atoms with Crippen molar-refractivity contribution in [2.24, 2.45) is 11.8 Å². The summed E-state index contributed by atoms with van der Waals surface area (Å²) in [4.78, 5) is 42.2. The van der Waals surface area contributed by atoms with E-state index in [0.717, 1.165) is 0 Å². The van der Waals surface area contributed by atoms with Gasteiger partial charge in [0.15, 0.2) is 0 Å². The van der Waals surface area contributed by atoms with Crippen molar-refractivity contribution in [3.63, 3.8) is 0 Å². The van der Waals surface area contributed by atoms with Gasteiger partial charge in [-0.05, 0) is 51.8 Å². The maximum atomic E-state index is 13.1. The SMILES string of the molecule is CCN(CC)S(=O)(=O)c1ccc(OC)c(NC(=O)C2CCN(C(=O)C3CC(=O)N(C(C)(C)C)C3)CC2)c1. The molecule has 1 aromatic carbocycles. The summed E-state index contributed by atoms with van der Waals surface area (Å²) < 4.78 is 32.6. The van der Waals surface area contributed by atoms with E-state index in [-0.39, 0.29) is 46.4 Å². The third kappa shape index (κ3) is 6.26. The first-order valence-electron chi connectivity index (χ1n) is 12.9. The fourth-order valence-electron chi connectivity index (χ4n) is 5.03. The van der Waals surface area contributed by atoms with Gasteiger partial charge in [-0.3, -0.25) is 14.4 Å². The largest absolute Gasteiger partial charge is 0.495 e. The van der Waals surface area contributed by atoms with E-state index in [0.29, 0.717) is 57.0 Å². The number of likely N-dealkylation sites (tertiary alicyclic amines) is 2. The highest BCUT2D eigenvalue weighted by Gasteiger charge is 2.41. The van der Waals surface area contributed by atoms with Gasteiger partial charge < -0.3 is 19.9 Å². The zero-order valence-electron chi connectivity index (χ0n) is 22.7. The van der Waals surface area contributed by atoms with Crippen LogP contribution in [0.2, 0.25) is 0 Å². The Bertz CT molecular complexity index is 1120. The molecule has 0 radical (unpaired) electrons. The molecular formula is C26H40N4O6S. The second kappa shape index (κ2) is 11.4. The second-order valence-electron chi connectivity index (χ2n) is 10.6. The van der Waals surface area contributed by atoms with E-state index in [4.69, 9.17) is 4.74 Å². The number of nitrogens with one attached hydrogen (secondary N) is 1. The predicted molar refractivity (Wildman–Crippen MR) is 141 cm³/mol. The number of hydrogen-bond donors (Lipinski definition) is 1. The van der Waals surface area contributed by atoms with E-state index in [1.807, 2.05) is 20.8 Å². The number of carbonyl (C=O) groups is 3. The van der Waals surface area contributed by atoms with Crippen molar-refractivity contribution in [1.82, 2.24) is 14.1 Å². The molecule has 1 aromatic rings. The maximum Gasteiger partial charge on any atom is 0.243 e. The summed E-state index contributed by atoms with van der Waals surface area (Å²) in [7, 11) is -2.24. The zero-order valence-corrected chi connectivity index (χ0v) is 23.6. The summed E-state index contributed by atoms with van der Waals surface area (Å²) >= 11 is 0. The van der Waals surface area contributed by atoms with Gasteiger partial charge in [0.1, 0.15) is 5.75 Å². The Morgan fingerprint density at radius 3 is 2.24 bits per heavy atom. The molecule has 10 nitrogen and oxygen atoms in total. The Morgan fingerprint density at radius 2 is 1.73 bits per heavy atom. The number of piperidine rings is 1. The molecule has 2 fully saturated rings. The summed E-state index contributed by atoms with van der Waals surface area (Å²) in [6.07, 6.45) is 1.20. The molecule has 0 saturated carbocycles. The van der Waals surface area contributed by atoms with Crippen molar-refractivity contribution in [1.29, 1.82) is 0 Å². The summed E-state index contributed by atoms with van der Waals surface area (Å²) in [5.41, 5.74) is -0.0220. The molecule has 0 spiro atoms. The standard InChI is InChI=1S/C26H40N4O6S/c1-7-29(8-2)37(34,35)20-9-10-22(36-6)21(16-20)27-24(32)18-11-13-28(14-12-18)25(33)19-15-23(31)30(17-19)26(3,4)5/h9-10,16,18-19H,7-8,11-15,17H2,1-6H3,(H,27,32). The normalized spacial score (nSPS) is 19.4. The molecule has 1 atom stereocenters. The van der Waals surface area contributed by atoms with E-state index >= 15 is 0 Å². The minimum absolute atomic E-state index is 0.000648. The first-order valence-corrected chi connectivity index (χ1v) is 14.4. The zero-order chi connectivity index (χ0) is 27.5. The highest BCUT2D eigenvalue weighted by molar-refractivity contribution is 7.89. The van der Waals surface area contributed by atoms with Crippen molar-refractivity contribution < 1.29 is 27.5 Å². The van der Waals surface area contributed by atoms with Gasteiger partial charge in [-0.25, -0.2) is 8.42 Å². The Labute approximate surface area is 220 Å². The van der Waals surface area contributed by atoms with Crippen LogP contribution in [-0.2, 0) is 24.4 Å². The smallest absolute Gasteiger partial charge is 0.243 e. The van der Waals surface area contributed by atoms with Gasteiger partial charge in [0, 0.05) is 50.6 Å². The molecule has 1 unspecified atom stereocenters. The van der Waals surface area contributed by atoms with Crippen molar-refractivity contribution in [2.45, 2.75) is 64.3 Å². The number of rotatable bonds is 8. The van der Waals surface area contributed by atoms with Crippen LogP contribution in [0.25, 0.3) is 0 Å². The Balaban J connectivity index is 1.64. The number of amides is 3. The van der Waals surface area contributed by atoms with E-state index in [1.165, 1.54) is 29.6 Å². The molecule has 1 N–H and O–H groups in total. The van der Waals surface area contributed by atoms with E-state index in [1.54, 1.807) is 23.6 Å². The summed E-state index contributed by atoms with van der Waals surface area (Å²) in [5.74, 6) is -0.578. The van der Waals surface area contributed by atoms with Crippen molar-refractivity contribution in [3.8, 4) is 5.75 Å². The molecule has 11 heteroatoms. The lowest BCUT2D eigenvalue weighted by molar-refractivity contribution is -0.138. The van der Waals surface area contributed by atoms with Gasteiger partial charge in [-0.1, -0.05) is 13.8 Å². The van der Waals surface area contributed by atoms with E-state index < -0.39 is 10.0 Å². The Hall–Kier alpha value is -2.66. The number of nitrogens with zero attached hydrogens (tertiary/aromatic N) is 3. The molecule has 206 valence electrons. The second-order valence-corrected chi connectivity index (χ2v) is 12.6. The summed E-state index contributed by atoms with van der Waals surface area (Å²) in [5, 5.41) is 2.84. The number of benzene rings is 1. The molecule has 3 amide bonds. The molecule has 2 aliphatic heterocycles. The third-order valence-corrected chi connectivity index (χ3v) is 9.28. The predicted octanol–water partition coefficient (Wildman–Crippen LogP) is 2.55. The minimum Gasteiger partial charge on any atom is -0.495 e. The van der Waals surface area contributed by atoms with Crippen LogP contribution in [0.5, 0.6) is 5.75 Å².